The van der Waals surface area contributed by atoms with Gasteiger partial charge in [0.1, 0.15) is 0 Å². The molecule has 7 heteroatoms. The van der Waals surface area contributed by atoms with E-state index in [0.29, 0.717) is 23.8 Å². The van der Waals surface area contributed by atoms with Crippen molar-refractivity contribution in [2.75, 3.05) is 36.9 Å². The number of hydrogen-bond acceptors (Lipinski definition) is 7. The van der Waals surface area contributed by atoms with Gasteiger partial charge in [-0.25, -0.2) is 0 Å². The highest BCUT2D eigenvalue weighted by atomic mass is 16.5. The number of anilines is 2. The third kappa shape index (κ3) is 5.34. The van der Waals surface area contributed by atoms with Crippen molar-refractivity contribution in [3.05, 3.63) is 0 Å². The molecule has 0 bridgehead atoms. The highest BCUT2D eigenvalue weighted by Crippen LogP contribution is 2.16. The van der Waals surface area contributed by atoms with Gasteiger partial charge in [0.2, 0.25) is 11.9 Å². The zero-order chi connectivity index (χ0) is 15.1. The minimum atomic E-state index is 0.0291. The second-order valence-electron chi connectivity index (χ2n) is 5.43. The number of hydrogen-bond donors (Lipinski definition) is 2. The van der Waals surface area contributed by atoms with Crippen LogP contribution in [0.3, 0.4) is 0 Å². The van der Waals surface area contributed by atoms with Crippen LogP contribution >= 0.6 is 0 Å². The van der Waals surface area contributed by atoms with Gasteiger partial charge in [0.05, 0.1) is 12.7 Å². The van der Waals surface area contributed by atoms with Gasteiger partial charge in [-0.3, -0.25) is 0 Å². The van der Waals surface area contributed by atoms with Crippen molar-refractivity contribution < 1.29 is 9.47 Å². The Labute approximate surface area is 125 Å². The van der Waals surface area contributed by atoms with E-state index < -0.39 is 0 Å². The Balaban J connectivity index is 2.00. The maximum Gasteiger partial charge on any atom is 0.323 e. The van der Waals surface area contributed by atoms with E-state index in [4.69, 9.17) is 9.47 Å². The first-order chi connectivity index (χ1) is 10.2. The van der Waals surface area contributed by atoms with Crippen molar-refractivity contribution in [3.63, 3.8) is 0 Å². The molecule has 0 radical (unpaired) electrons. The van der Waals surface area contributed by atoms with Crippen LogP contribution in [0.1, 0.15) is 33.6 Å². The van der Waals surface area contributed by atoms with Crippen molar-refractivity contribution in [2.24, 2.45) is 5.92 Å². The van der Waals surface area contributed by atoms with Gasteiger partial charge in [-0.1, -0.05) is 0 Å². The van der Waals surface area contributed by atoms with Crippen LogP contribution in [-0.2, 0) is 4.74 Å². The fraction of sp³-hybridized carbons (Fsp3) is 0.786. The maximum absolute atomic E-state index is 5.57. The molecule has 21 heavy (non-hydrogen) atoms. The first-order valence-electron chi connectivity index (χ1n) is 7.65. The molecule has 2 heterocycles. The standard InChI is InChI=1S/C14H25N5O2/c1-4-15-12-17-13(19-14(18-12)21-10(2)3)16-8-11-6-5-7-20-9-11/h10-11H,4-9H2,1-3H3,(H2,15,16,17,18,19). The summed E-state index contributed by atoms with van der Waals surface area (Å²) in [7, 11) is 0. The lowest BCUT2D eigenvalue weighted by molar-refractivity contribution is 0.0594. The van der Waals surface area contributed by atoms with E-state index in [-0.39, 0.29) is 6.10 Å². The molecule has 1 saturated heterocycles. The second kappa shape index (κ2) is 7.97. The third-order valence-electron chi connectivity index (χ3n) is 3.09. The van der Waals surface area contributed by atoms with E-state index in [0.717, 1.165) is 32.7 Å². The van der Waals surface area contributed by atoms with E-state index in [1.807, 2.05) is 20.8 Å². The monoisotopic (exact) mass is 295 g/mol. The summed E-state index contributed by atoms with van der Waals surface area (Å²) in [5, 5.41) is 6.36. The molecule has 1 aromatic rings. The number of rotatable bonds is 7. The average Bonchev–Trinajstić information content (AvgIpc) is 2.46. The van der Waals surface area contributed by atoms with Crippen molar-refractivity contribution in [2.45, 2.75) is 39.7 Å². The number of ether oxygens (including phenoxy) is 2. The van der Waals surface area contributed by atoms with Crippen LogP contribution in [0.25, 0.3) is 0 Å². The molecular weight excluding hydrogens is 270 g/mol. The van der Waals surface area contributed by atoms with E-state index in [9.17, 15) is 0 Å². The van der Waals surface area contributed by atoms with Gasteiger partial charge in [-0.05, 0) is 39.5 Å². The predicted molar refractivity (Wildman–Crippen MR) is 81.8 cm³/mol. The molecule has 1 aliphatic rings. The smallest absolute Gasteiger partial charge is 0.323 e. The Kier molecular flexibility index (Phi) is 5.98. The largest absolute Gasteiger partial charge is 0.461 e. The Morgan fingerprint density at radius 1 is 1.24 bits per heavy atom. The molecule has 1 aromatic heterocycles. The third-order valence-corrected chi connectivity index (χ3v) is 3.09. The van der Waals surface area contributed by atoms with Crippen LogP contribution in [0, 0.1) is 5.92 Å². The average molecular weight is 295 g/mol. The highest BCUT2D eigenvalue weighted by molar-refractivity contribution is 5.35. The van der Waals surface area contributed by atoms with Gasteiger partial charge in [0.25, 0.3) is 0 Å². The first kappa shape index (κ1) is 15.8. The summed E-state index contributed by atoms with van der Waals surface area (Å²) in [4.78, 5) is 12.9. The van der Waals surface area contributed by atoms with Gasteiger partial charge in [-0.15, -0.1) is 0 Å². The maximum atomic E-state index is 5.57. The molecule has 2 rings (SSSR count). The van der Waals surface area contributed by atoms with E-state index in [1.165, 1.54) is 6.42 Å². The number of aromatic nitrogens is 3. The predicted octanol–water partition coefficient (Wildman–Crippen LogP) is 1.93. The van der Waals surface area contributed by atoms with Gasteiger partial charge in [0.15, 0.2) is 0 Å². The second-order valence-corrected chi connectivity index (χ2v) is 5.43. The summed E-state index contributed by atoms with van der Waals surface area (Å²) in [6.07, 6.45) is 2.32. The molecule has 118 valence electrons. The quantitative estimate of drug-likeness (QED) is 0.795. The van der Waals surface area contributed by atoms with Crippen LogP contribution < -0.4 is 15.4 Å². The number of nitrogens with zero attached hydrogens (tertiary/aromatic N) is 3. The van der Waals surface area contributed by atoms with E-state index in [1.54, 1.807) is 0 Å². The SMILES string of the molecule is CCNc1nc(NCC2CCCOC2)nc(OC(C)C)n1. The summed E-state index contributed by atoms with van der Waals surface area (Å²) < 4.78 is 11.0. The van der Waals surface area contributed by atoms with Crippen LogP contribution in [0.2, 0.25) is 0 Å². The molecule has 1 fully saturated rings. The molecule has 1 unspecified atom stereocenters. The summed E-state index contributed by atoms with van der Waals surface area (Å²) >= 11 is 0. The summed E-state index contributed by atoms with van der Waals surface area (Å²) in [6, 6.07) is 0.346. The molecule has 0 spiro atoms. The van der Waals surface area contributed by atoms with Crippen LogP contribution in [-0.4, -0.2) is 47.4 Å². The molecule has 2 N–H and O–H groups in total. The molecule has 0 amide bonds. The fourth-order valence-corrected chi connectivity index (χ4v) is 2.14. The van der Waals surface area contributed by atoms with Gasteiger partial charge >= 0.3 is 6.01 Å². The normalized spacial score (nSPS) is 18.6. The zero-order valence-corrected chi connectivity index (χ0v) is 13.1. The molecule has 0 aromatic carbocycles. The van der Waals surface area contributed by atoms with Gasteiger partial charge < -0.3 is 20.1 Å². The Bertz CT molecular complexity index is 435. The number of nitrogens with one attached hydrogen (secondary N) is 2. The lowest BCUT2D eigenvalue weighted by Gasteiger charge is -2.22. The van der Waals surface area contributed by atoms with Crippen molar-refractivity contribution in [1.82, 2.24) is 15.0 Å². The first-order valence-corrected chi connectivity index (χ1v) is 7.65. The summed E-state index contributed by atoms with van der Waals surface area (Å²) in [5.41, 5.74) is 0. The van der Waals surface area contributed by atoms with Crippen molar-refractivity contribution in [3.8, 4) is 6.01 Å². The zero-order valence-electron chi connectivity index (χ0n) is 13.1. The minimum absolute atomic E-state index is 0.0291. The minimum Gasteiger partial charge on any atom is -0.461 e. The van der Waals surface area contributed by atoms with E-state index >= 15 is 0 Å². The Morgan fingerprint density at radius 3 is 2.62 bits per heavy atom. The highest BCUT2D eigenvalue weighted by Gasteiger charge is 2.15. The molecule has 0 saturated carbocycles. The molecule has 1 atom stereocenters. The van der Waals surface area contributed by atoms with Gasteiger partial charge in [0, 0.05) is 19.7 Å². The van der Waals surface area contributed by atoms with Crippen molar-refractivity contribution in [1.29, 1.82) is 0 Å². The topological polar surface area (TPSA) is 81.2 Å². The lowest BCUT2D eigenvalue weighted by atomic mass is 10.0. The van der Waals surface area contributed by atoms with Crippen LogP contribution in [0.4, 0.5) is 11.9 Å². The Hall–Kier alpha value is -1.63. The molecule has 0 aliphatic carbocycles. The fourth-order valence-electron chi connectivity index (χ4n) is 2.14. The molecule has 7 nitrogen and oxygen atoms in total. The van der Waals surface area contributed by atoms with Crippen LogP contribution in [0.5, 0.6) is 6.01 Å². The summed E-state index contributed by atoms with van der Waals surface area (Å²) in [5.74, 6) is 1.58. The molecular formula is C14H25N5O2. The van der Waals surface area contributed by atoms with Gasteiger partial charge in [-0.2, -0.15) is 15.0 Å². The molecule has 1 aliphatic heterocycles. The van der Waals surface area contributed by atoms with E-state index in [2.05, 4.69) is 25.6 Å². The Morgan fingerprint density at radius 2 is 2.00 bits per heavy atom. The van der Waals surface area contributed by atoms with Crippen molar-refractivity contribution >= 4 is 11.9 Å². The lowest BCUT2D eigenvalue weighted by Crippen LogP contribution is -2.25. The van der Waals surface area contributed by atoms with Crippen LogP contribution in [0.15, 0.2) is 0 Å². The summed E-state index contributed by atoms with van der Waals surface area (Å²) in [6.45, 7) is 9.12.